The molecule has 0 radical (unpaired) electrons. The Labute approximate surface area is 133 Å². The molecule has 5 nitrogen and oxygen atoms in total. The second-order valence-corrected chi connectivity index (χ2v) is 5.80. The van der Waals surface area contributed by atoms with E-state index in [0.29, 0.717) is 5.75 Å². The van der Waals surface area contributed by atoms with Crippen molar-refractivity contribution in [2.75, 3.05) is 13.2 Å². The summed E-state index contributed by atoms with van der Waals surface area (Å²) in [6.07, 6.45) is 0.181. The molecule has 0 aliphatic heterocycles. The number of ether oxygens (including phenoxy) is 1. The standard InChI is InChI=1S/C15H20BrNO4/c1-11(2)17(8-6-15(19)20)14(18)7-9-21-13-5-3-4-12(16)10-13/h3-5,10-11H,6-9H2,1-2H3,(H,19,20). The number of halogens is 1. The number of hydrogen-bond donors (Lipinski definition) is 1. The molecule has 0 atom stereocenters. The van der Waals surface area contributed by atoms with Gasteiger partial charge in [0.05, 0.1) is 19.4 Å². The summed E-state index contributed by atoms with van der Waals surface area (Å²) in [5, 5.41) is 8.71. The van der Waals surface area contributed by atoms with Crippen LogP contribution in [-0.4, -0.2) is 41.1 Å². The van der Waals surface area contributed by atoms with E-state index in [4.69, 9.17) is 9.84 Å². The maximum Gasteiger partial charge on any atom is 0.305 e. The van der Waals surface area contributed by atoms with Gasteiger partial charge < -0.3 is 14.7 Å². The Morgan fingerprint density at radius 2 is 2.05 bits per heavy atom. The van der Waals surface area contributed by atoms with E-state index in [-0.39, 0.29) is 37.9 Å². The summed E-state index contributed by atoms with van der Waals surface area (Å²) >= 11 is 3.35. The lowest BCUT2D eigenvalue weighted by atomic mass is 10.2. The zero-order valence-electron chi connectivity index (χ0n) is 12.2. The maximum atomic E-state index is 12.1. The largest absolute Gasteiger partial charge is 0.493 e. The molecule has 0 aliphatic carbocycles. The number of benzene rings is 1. The van der Waals surface area contributed by atoms with Gasteiger partial charge in [-0.1, -0.05) is 22.0 Å². The number of hydrogen-bond acceptors (Lipinski definition) is 3. The van der Waals surface area contributed by atoms with Gasteiger partial charge in [0.15, 0.2) is 0 Å². The molecule has 0 saturated heterocycles. The van der Waals surface area contributed by atoms with Gasteiger partial charge in [-0.15, -0.1) is 0 Å². The number of rotatable bonds is 8. The predicted molar refractivity (Wildman–Crippen MR) is 83.4 cm³/mol. The summed E-state index contributed by atoms with van der Waals surface area (Å²) < 4.78 is 6.43. The monoisotopic (exact) mass is 357 g/mol. The Balaban J connectivity index is 2.44. The average molecular weight is 358 g/mol. The zero-order valence-corrected chi connectivity index (χ0v) is 13.8. The van der Waals surface area contributed by atoms with Crippen LogP contribution in [0.25, 0.3) is 0 Å². The van der Waals surface area contributed by atoms with Gasteiger partial charge in [0.25, 0.3) is 0 Å². The molecule has 0 saturated carbocycles. The van der Waals surface area contributed by atoms with E-state index in [1.165, 1.54) is 0 Å². The summed E-state index contributed by atoms with van der Waals surface area (Å²) in [6, 6.07) is 7.37. The van der Waals surface area contributed by atoms with Crippen LogP contribution in [0.15, 0.2) is 28.7 Å². The van der Waals surface area contributed by atoms with Crippen molar-refractivity contribution in [3.63, 3.8) is 0 Å². The minimum absolute atomic E-state index is 0.0253. The second-order valence-electron chi connectivity index (χ2n) is 4.88. The summed E-state index contributed by atoms with van der Waals surface area (Å²) in [5.74, 6) is -0.307. The van der Waals surface area contributed by atoms with Crippen LogP contribution >= 0.6 is 15.9 Å². The van der Waals surface area contributed by atoms with Crippen molar-refractivity contribution in [3.05, 3.63) is 28.7 Å². The smallest absolute Gasteiger partial charge is 0.305 e. The van der Waals surface area contributed by atoms with Crippen molar-refractivity contribution in [3.8, 4) is 5.75 Å². The van der Waals surface area contributed by atoms with Crippen molar-refractivity contribution in [2.45, 2.75) is 32.7 Å². The van der Waals surface area contributed by atoms with Gasteiger partial charge in [0.1, 0.15) is 5.75 Å². The zero-order chi connectivity index (χ0) is 15.8. The Morgan fingerprint density at radius 1 is 1.33 bits per heavy atom. The first kappa shape index (κ1) is 17.5. The molecular weight excluding hydrogens is 338 g/mol. The van der Waals surface area contributed by atoms with Crippen molar-refractivity contribution in [1.29, 1.82) is 0 Å². The summed E-state index contributed by atoms with van der Waals surface area (Å²) in [7, 11) is 0. The van der Waals surface area contributed by atoms with Crippen LogP contribution in [0.4, 0.5) is 0 Å². The summed E-state index contributed by atoms with van der Waals surface area (Å²) in [6.45, 7) is 4.23. The third kappa shape index (κ3) is 6.62. The van der Waals surface area contributed by atoms with Crippen LogP contribution in [0.2, 0.25) is 0 Å². The molecule has 1 amide bonds. The summed E-state index contributed by atoms with van der Waals surface area (Å²) in [4.78, 5) is 24.3. The highest BCUT2D eigenvalue weighted by atomic mass is 79.9. The van der Waals surface area contributed by atoms with Crippen LogP contribution in [0.5, 0.6) is 5.75 Å². The molecule has 0 aliphatic rings. The van der Waals surface area contributed by atoms with E-state index < -0.39 is 5.97 Å². The first-order valence-corrected chi connectivity index (χ1v) is 7.59. The fourth-order valence-corrected chi connectivity index (χ4v) is 2.22. The number of amides is 1. The van der Waals surface area contributed by atoms with Gasteiger partial charge in [-0.05, 0) is 32.0 Å². The topological polar surface area (TPSA) is 66.8 Å². The lowest BCUT2D eigenvalue weighted by molar-refractivity contribution is -0.139. The lowest BCUT2D eigenvalue weighted by Gasteiger charge is -2.26. The van der Waals surface area contributed by atoms with Crippen molar-refractivity contribution in [1.82, 2.24) is 4.90 Å². The Bertz CT molecular complexity index is 490. The fourth-order valence-electron chi connectivity index (χ4n) is 1.84. The third-order valence-electron chi connectivity index (χ3n) is 2.89. The van der Waals surface area contributed by atoms with E-state index in [2.05, 4.69) is 15.9 Å². The number of nitrogens with zero attached hydrogens (tertiary/aromatic N) is 1. The third-order valence-corrected chi connectivity index (χ3v) is 3.38. The molecule has 0 heterocycles. The molecule has 1 aromatic rings. The fraction of sp³-hybridized carbons (Fsp3) is 0.467. The molecule has 6 heteroatoms. The lowest BCUT2D eigenvalue weighted by Crippen LogP contribution is -2.39. The maximum absolute atomic E-state index is 12.1. The van der Waals surface area contributed by atoms with E-state index in [0.717, 1.165) is 4.47 Å². The van der Waals surface area contributed by atoms with Gasteiger partial charge in [0, 0.05) is 17.1 Å². The van der Waals surface area contributed by atoms with Crippen molar-refractivity contribution < 1.29 is 19.4 Å². The van der Waals surface area contributed by atoms with Crippen LogP contribution in [0.3, 0.4) is 0 Å². The van der Waals surface area contributed by atoms with Crippen LogP contribution in [0.1, 0.15) is 26.7 Å². The van der Waals surface area contributed by atoms with Gasteiger partial charge in [-0.2, -0.15) is 0 Å². The SMILES string of the molecule is CC(C)N(CCC(=O)O)C(=O)CCOc1cccc(Br)c1. The molecule has 1 N–H and O–H groups in total. The average Bonchev–Trinajstić information content (AvgIpc) is 2.38. The highest BCUT2D eigenvalue weighted by Gasteiger charge is 2.17. The highest BCUT2D eigenvalue weighted by Crippen LogP contribution is 2.18. The predicted octanol–water partition coefficient (Wildman–Crippen LogP) is 2.93. The Hall–Kier alpha value is -1.56. The van der Waals surface area contributed by atoms with Crippen LogP contribution in [0, 0.1) is 0 Å². The Kier molecular flexibility index (Phi) is 7.22. The molecule has 21 heavy (non-hydrogen) atoms. The second kappa shape index (κ2) is 8.67. The van der Waals surface area contributed by atoms with Gasteiger partial charge in [0.2, 0.25) is 5.91 Å². The number of carboxylic acid groups (broad SMARTS) is 1. The first-order chi connectivity index (χ1) is 9.90. The van der Waals surface area contributed by atoms with Crippen molar-refractivity contribution >= 4 is 27.8 Å². The highest BCUT2D eigenvalue weighted by molar-refractivity contribution is 9.10. The van der Waals surface area contributed by atoms with E-state index in [9.17, 15) is 9.59 Å². The normalized spacial score (nSPS) is 10.5. The number of carbonyl (C=O) groups is 2. The summed E-state index contributed by atoms with van der Waals surface area (Å²) in [5.41, 5.74) is 0. The van der Waals surface area contributed by atoms with Crippen molar-refractivity contribution in [2.24, 2.45) is 0 Å². The van der Waals surface area contributed by atoms with Crippen LogP contribution < -0.4 is 4.74 Å². The van der Waals surface area contributed by atoms with E-state index in [1.807, 2.05) is 38.1 Å². The number of aliphatic carboxylic acids is 1. The van der Waals surface area contributed by atoms with Gasteiger partial charge in [-0.3, -0.25) is 9.59 Å². The minimum Gasteiger partial charge on any atom is -0.493 e. The van der Waals surface area contributed by atoms with Crippen LogP contribution in [-0.2, 0) is 9.59 Å². The molecule has 1 aromatic carbocycles. The molecule has 116 valence electrons. The molecule has 0 bridgehead atoms. The van der Waals surface area contributed by atoms with Gasteiger partial charge >= 0.3 is 5.97 Å². The Morgan fingerprint density at radius 3 is 2.62 bits per heavy atom. The molecule has 0 fully saturated rings. The number of carboxylic acids is 1. The molecular formula is C15H20BrNO4. The molecule has 0 spiro atoms. The quantitative estimate of drug-likeness (QED) is 0.776. The minimum atomic E-state index is -0.904. The van der Waals surface area contributed by atoms with E-state index in [1.54, 1.807) is 4.90 Å². The van der Waals surface area contributed by atoms with Gasteiger partial charge in [-0.25, -0.2) is 0 Å². The number of carbonyl (C=O) groups excluding carboxylic acids is 1. The molecule has 0 unspecified atom stereocenters. The molecule has 0 aromatic heterocycles. The molecule has 1 rings (SSSR count). The van der Waals surface area contributed by atoms with E-state index >= 15 is 0 Å². The first-order valence-electron chi connectivity index (χ1n) is 6.79.